The second-order valence-electron chi connectivity index (χ2n) is 5.53. The number of hydrogen-bond acceptors (Lipinski definition) is 6. The number of fused-ring (bicyclic) bond motifs is 1. The van der Waals surface area contributed by atoms with E-state index in [1.165, 1.54) is 4.88 Å². The summed E-state index contributed by atoms with van der Waals surface area (Å²) < 4.78 is 18.5. The third-order valence-corrected chi connectivity index (χ3v) is 5.02. The van der Waals surface area contributed by atoms with Gasteiger partial charge in [-0.2, -0.15) is 0 Å². The van der Waals surface area contributed by atoms with Gasteiger partial charge >= 0.3 is 0 Å². The van der Waals surface area contributed by atoms with Crippen LogP contribution in [0.5, 0.6) is 17.2 Å². The SMILES string of the molecule is COc1cc2c(cc1-c1nccn1Cc1sc(C)nc1C)OCO2. The molecule has 1 aliphatic heterocycles. The maximum Gasteiger partial charge on any atom is 0.231 e. The van der Waals surface area contributed by atoms with Crippen LogP contribution in [0.2, 0.25) is 0 Å². The lowest BCUT2D eigenvalue weighted by Crippen LogP contribution is -2.02. The fourth-order valence-electron chi connectivity index (χ4n) is 2.82. The molecule has 0 radical (unpaired) electrons. The van der Waals surface area contributed by atoms with Crippen LogP contribution in [-0.4, -0.2) is 28.4 Å². The van der Waals surface area contributed by atoms with E-state index in [0.29, 0.717) is 17.2 Å². The molecular weight excluding hydrogens is 326 g/mol. The van der Waals surface area contributed by atoms with E-state index >= 15 is 0 Å². The molecule has 4 rings (SSSR count). The summed E-state index contributed by atoms with van der Waals surface area (Å²) in [5.41, 5.74) is 1.94. The number of methoxy groups -OCH3 is 1. The molecule has 0 bridgehead atoms. The quantitative estimate of drug-likeness (QED) is 0.726. The maximum atomic E-state index is 5.53. The molecule has 7 heteroatoms. The van der Waals surface area contributed by atoms with Gasteiger partial charge in [0.2, 0.25) is 6.79 Å². The van der Waals surface area contributed by atoms with E-state index in [2.05, 4.69) is 14.5 Å². The predicted octanol–water partition coefficient (Wildman–Crippen LogP) is 3.41. The van der Waals surface area contributed by atoms with E-state index in [4.69, 9.17) is 14.2 Å². The fourth-order valence-corrected chi connectivity index (χ4v) is 3.76. The lowest BCUT2D eigenvalue weighted by atomic mass is 10.1. The average Bonchev–Trinajstić information content (AvgIpc) is 3.26. The van der Waals surface area contributed by atoms with E-state index in [1.807, 2.05) is 32.2 Å². The maximum absolute atomic E-state index is 5.53. The van der Waals surface area contributed by atoms with Gasteiger partial charge in [-0.3, -0.25) is 0 Å². The zero-order chi connectivity index (χ0) is 16.7. The Morgan fingerprint density at radius 1 is 1.25 bits per heavy atom. The molecular formula is C17H17N3O3S. The Kier molecular flexibility index (Phi) is 3.65. The summed E-state index contributed by atoms with van der Waals surface area (Å²) in [4.78, 5) is 10.3. The summed E-state index contributed by atoms with van der Waals surface area (Å²) in [5.74, 6) is 2.95. The van der Waals surface area contributed by atoms with Gasteiger partial charge < -0.3 is 18.8 Å². The van der Waals surface area contributed by atoms with Crippen LogP contribution in [0.3, 0.4) is 0 Å². The Hall–Kier alpha value is -2.54. The first-order chi connectivity index (χ1) is 11.7. The van der Waals surface area contributed by atoms with Crippen LogP contribution in [0.15, 0.2) is 24.5 Å². The minimum absolute atomic E-state index is 0.232. The molecule has 2 aromatic heterocycles. The molecule has 0 fully saturated rings. The number of rotatable bonds is 4. The lowest BCUT2D eigenvalue weighted by Gasteiger charge is -2.12. The Bertz CT molecular complexity index is 901. The van der Waals surface area contributed by atoms with Gasteiger partial charge in [0.15, 0.2) is 11.5 Å². The van der Waals surface area contributed by atoms with E-state index in [0.717, 1.165) is 28.6 Å². The minimum Gasteiger partial charge on any atom is -0.496 e. The third-order valence-electron chi connectivity index (χ3n) is 3.96. The number of ether oxygens (including phenoxy) is 3. The first-order valence-corrected chi connectivity index (χ1v) is 8.39. The standard InChI is InChI=1S/C17H17N3O3S/c1-10-16(24-11(2)19-10)8-20-5-4-18-17(20)12-6-14-15(23-9-22-14)7-13(12)21-3/h4-7H,8-9H2,1-3H3. The van der Waals surface area contributed by atoms with Crippen LogP contribution >= 0.6 is 11.3 Å². The summed E-state index contributed by atoms with van der Waals surface area (Å²) >= 11 is 1.71. The largest absolute Gasteiger partial charge is 0.496 e. The number of imidazole rings is 1. The first-order valence-electron chi connectivity index (χ1n) is 7.57. The molecule has 0 saturated heterocycles. The van der Waals surface area contributed by atoms with Crippen LogP contribution in [0, 0.1) is 13.8 Å². The zero-order valence-electron chi connectivity index (χ0n) is 13.7. The molecule has 1 aliphatic rings. The van der Waals surface area contributed by atoms with Gasteiger partial charge in [0.05, 0.1) is 29.9 Å². The summed E-state index contributed by atoms with van der Waals surface area (Å²) in [7, 11) is 1.64. The van der Waals surface area contributed by atoms with Crippen molar-refractivity contribution in [3.63, 3.8) is 0 Å². The van der Waals surface area contributed by atoms with Crippen molar-refractivity contribution in [2.45, 2.75) is 20.4 Å². The molecule has 0 unspecified atom stereocenters. The number of aromatic nitrogens is 3. The monoisotopic (exact) mass is 343 g/mol. The fraction of sp³-hybridized carbons (Fsp3) is 0.294. The number of hydrogen-bond donors (Lipinski definition) is 0. The number of thiazole rings is 1. The van der Waals surface area contributed by atoms with Gasteiger partial charge in [-0.25, -0.2) is 9.97 Å². The first kappa shape index (κ1) is 15.0. The van der Waals surface area contributed by atoms with Crippen molar-refractivity contribution in [2.24, 2.45) is 0 Å². The number of aryl methyl sites for hydroxylation is 2. The van der Waals surface area contributed by atoms with Crippen molar-refractivity contribution in [3.05, 3.63) is 40.1 Å². The highest BCUT2D eigenvalue weighted by atomic mass is 32.1. The van der Waals surface area contributed by atoms with Gasteiger partial charge in [-0.15, -0.1) is 11.3 Å². The lowest BCUT2D eigenvalue weighted by molar-refractivity contribution is 0.174. The van der Waals surface area contributed by atoms with Crippen molar-refractivity contribution in [1.29, 1.82) is 0 Å². The number of benzene rings is 1. The topological polar surface area (TPSA) is 58.4 Å². The van der Waals surface area contributed by atoms with Crippen LogP contribution in [0.1, 0.15) is 15.6 Å². The Morgan fingerprint density at radius 2 is 2.04 bits per heavy atom. The molecule has 124 valence electrons. The molecule has 0 aliphatic carbocycles. The molecule has 24 heavy (non-hydrogen) atoms. The van der Waals surface area contributed by atoms with E-state index in [-0.39, 0.29) is 6.79 Å². The molecule has 0 N–H and O–H groups in total. The molecule has 3 heterocycles. The second-order valence-corrected chi connectivity index (χ2v) is 6.81. The summed E-state index contributed by atoms with van der Waals surface area (Å²) in [6.07, 6.45) is 3.76. The van der Waals surface area contributed by atoms with Gasteiger partial charge in [-0.05, 0) is 19.9 Å². The zero-order valence-corrected chi connectivity index (χ0v) is 14.5. The summed E-state index contributed by atoms with van der Waals surface area (Å²) in [6, 6.07) is 3.77. The predicted molar refractivity (Wildman–Crippen MR) is 91.0 cm³/mol. The van der Waals surface area contributed by atoms with Crippen LogP contribution in [0.4, 0.5) is 0 Å². The highest BCUT2D eigenvalue weighted by Crippen LogP contribution is 2.42. The Morgan fingerprint density at radius 3 is 2.75 bits per heavy atom. The van der Waals surface area contributed by atoms with Crippen molar-refractivity contribution in [1.82, 2.24) is 14.5 Å². The van der Waals surface area contributed by atoms with Gasteiger partial charge in [0.1, 0.15) is 11.6 Å². The minimum atomic E-state index is 0.232. The molecule has 3 aromatic rings. The van der Waals surface area contributed by atoms with Crippen molar-refractivity contribution < 1.29 is 14.2 Å². The van der Waals surface area contributed by atoms with Crippen molar-refractivity contribution in [2.75, 3.05) is 13.9 Å². The smallest absolute Gasteiger partial charge is 0.231 e. The third kappa shape index (κ3) is 2.50. The van der Waals surface area contributed by atoms with E-state index in [1.54, 1.807) is 24.6 Å². The molecule has 1 aromatic carbocycles. The normalized spacial score (nSPS) is 12.6. The second kappa shape index (κ2) is 5.83. The molecule has 0 spiro atoms. The van der Waals surface area contributed by atoms with Crippen LogP contribution in [0.25, 0.3) is 11.4 Å². The summed E-state index contributed by atoms with van der Waals surface area (Å²) in [5, 5.41) is 1.07. The van der Waals surface area contributed by atoms with Gasteiger partial charge in [0, 0.05) is 23.3 Å². The van der Waals surface area contributed by atoms with Crippen molar-refractivity contribution in [3.8, 4) is 28.6 Å². The molecule has 0 atom stereocenters. The molecule has 6 nitrogen and oxygen atoms in total. The summed E-state index contributed by atoms with van der Waals surface area (Å²) in [6.45, 7) is 5.02. The van der Waals surface area contributed by atoms with Crippen molar-refractivity contribution >= 4 is 11.3 Å². The Labute approximate surface area is 143 Å². The van der Waals surface area contributed by atoms with Gasteiger partial charge in [0.25, 0.3) is 0 Å². The Balaban J connectivity index is 1.76. The highest BCUT2D eigenvalue weighted by Gasteiger charge is 2.21. The van der Waals surface area contributed by atoms with E-state index < -0.39 is 0 Å². The van der Waals surface area contributed by atoms with Gasteiger partial charge in [-0.1, -0.05) is 0 Å². The van der Waals surface area contributed by atoms with Crippen LogP contribution in [-0.2, 0) is 6.54 Å². The van der Waals surface area contributed by atoms with E-state index in [9.17, 15) is 0 Å². The highest BCUT2D eigenvalue weighted by molar-refractivity contribution is 7.11. The van der Waals surface area contributed by atoms with Crippen LogP contribution < -0.4 is 14.2 Å². The molecule has 0 amide bonds. The average molecular weight is 343 g/mol. The number of nitrogens with zero attached hydrogens (tertiary/aromatic N) is 3. The molecule has 0 saturated carbocycles.